The normalized spacial score (nSPS) is 11.0. The molecule has 2 aromatic heterocycles. The van der Waals surface area contributed by atoms with Crippen LogP contribution in [0.15, 0.2) is 91.3 Å². The van der Waals surface area contributed by atoms with Gasteiger partial charge in [0, 0.05) is 18.1 Å². The summed E-state index contributed by atoms with van der Waals surface area (Å²) in [6, 6.07) is 23.4. The summed E-state index contributed by atoms with van der Waals surface area (Å²) in [5, 5.41) is 8.28. The molecule has 0 radical (unpaired) electrons. The summed E-state index contributed by atoms with van der Waals surface area (Å²) in [5.41, 5.74) is 4.85. The summed E-state index contributed by atoms with van der Waals surface area (Å²) in [4.78, 5) is 19.3. The number of carbonyl (C=O) groups excluding carboxylic acids is 1. The van der Waals surface area contributed by atoms with Crippen LogP contribution in [-0.4, -0.2) is 25.9 Å². The molecule has 5 aromatic rings. The van der Waals surface area contributed by atoms with Gasteiger partial charge in [-0.2, -0.15) is 0 Å². The number of hydrogen-bond acceptors (Lipinski definition) is 4. The third-order valence-electron chi connectivity index (χ3n) is 5.50. The highest BCUT2D eigenvalue weighted by Crippen LogP contribution is 2.25. The highest BCUT2D eigenvalue weighted by Gasteiger charge is 2.19. The number of aromatic nitrogens is 4. The molecule has 0 saturated heterocycles. The van der Waals surface area contributed by atoms with Crippen LogP contribution in [0.2, 0.25) is 5.02 Å². The van der Waals surface area contributed by atoms with Gasteiger partial charge in [0.25, 0.3) is 0 Å². The summed E-state index contributed by atoms with van der Waals surface area (Å²) in [7, 11) is 0. The number of benzene rings is 3. The lowest BCUT2D eigenvalue weighted by Crippen LogP contribution is -2.33. The van der Waals surface area contributed by atoms with Crippen molar-refractivity contribution in [1.82, 2.24) is 20.0 Å². The lowest BCUT2D eigenvalue weighted by Gasteiger charge is -2.23. The number of amides is 1. The molecule has 2 heterocycles. The number of halogens is 2. The van der Waals surface area contributed by atoms with Crippen LogP contribution in [0.3, 0.4) is 0 Å². The zero-order valence-corrected chi connectivity index (χ0v) is 18.7. The van der Waals surface area contributed by atoms with Crippen molar-refractivity contribution in [3.8, 4) is 11.1 Å². The molecule has 6 nitrogen and oxygen atoms in total. The van der Waals surface area contributed by atoms with E-state index in [9.17, 15) is 9.18 Å². The maximum Gasteiger partial charge on any atom is 0.249 e. The molecule has 168 valence electrons. The van der Waals surface area contributed by atoms with Gasteiger partial charge in [-0.15, -0.1) is 5.10 Å². The van der Waals surface area contributed by atoms with Crippen LogP contribution in [0, 0.1) is 5.82 Å². The smallest absolute Gasteiger partial charge is 0.249 e. The van der Waals surface area contributed by atoms with E-state index in [2.05, 4.69) is 15.3 Å². The van der Waals surface area contributed by atoms with Crippen molar-refractivity contribution in [2.24, 2.45) is 0 Å². The Hall–Kier alpha value is -4.10. The van der Waals surface area contributed by atoms with Crippen LogP contribution < -0.4 is 4.90 Å². The maximum atomic E-state index is 13.7. The molecule has 0 fully saturated rings. The zero-order chi connectivity index (χ0) is 23.5. The van der Waals surface area contributed by atoms with E-state index in [0.29, 0.717) is 16.8 Å². The highest BCUT2D eigenvalue weighted by atomic mass is 35.5. The molecule has 0 atom stereocenters. The van der Waals surface area contributed by atoms with Gasteiger partial charge in [0.15, 0.2) is 0 Å². The average molecular weight is 472 g/mol. The highest BCUT2D eigenvalue weighted by molar-refractivity contribution is 6.30. The average Bonchev–Trinajstić information content (AvgIpc) is 3.28. The fraction of sp³-hybridized carbons (Fsp3) is 0.0769. The molecule has 0 aliphatic heterocycles. The first kappa shape index (κ1) is 21.7. The van der Waals surface area contributed by atoms with Crippen LogP contribution >= 0.6 is 11.6 Å². The molecule has 3 aromatic carbocycles. The topological polar surface area (TPSA) is 63.9 Å². The Morgan fingerprint density at radius 1 is 0.971 bits per heavy atom. The minimum absolute atomic E-state index is 0.000202. The molecule has 5 rings (SSSR count). The zero-order valence-electron chi connectivity index (χ0n) is 18.0. The second-order valence-electron chi connectivity index (χ2n) is 7.75. The van der Waals surface area contributed by atoms with Crippen LogP contribution in [0.1, 0.15) is 5.56 Å². The van der Waals surface area contributed by atoms with Crippen LogP contribution in [-0.2, 0) is 17.9 Å². The Morgan fingerprint density at radius 3 is 2.56 bits per heavy atom. The number of hydrogen-bond donors (Lipinski definition) is 0. The third kappa shape index (κ3) is 4.51. The van der Waals surface area contributed by atoms with Gasteiger partial charge in [-0.3, -0.25) is 9.78 Å². The number of anilines is 1. The molecular formula is C26H19ClFN5O. The Balaban J connectivity index is 1.47. The van der Waals surface area contributed by atoms with Crippen molar-refractivity contribution in [1.29, 1.82) is 0 Å². The lowest BCUT2D eigenvalue weighted by atomic mass is 10.1. The first-order valence-corrected chi connectivity index (χ1v) is 11.0. The molecule has 0 bridgehead atoms. The van der Waals surface area contributed by atoms with Gasteiger partial charge in [-0.05, 0) is 59.2 Å². The van der Waals surface area contributed by atoms with Crippen molar-refractivity contribution >= 4 is 34.2 Å². The van der Waals surface area contributed by atoms with Gasteiger partial charge in [0.05, 0.1) is 17.1 Å². The van der Waals surface area contributed by atoms with Crippen LogP contribution in [0.5, 0.6) is 0 Å². The molecule has 1 amide bonds. The third-order valence-corrected chi connectivity index (χ3v) is 5.79. The fourth-order valence-corrected chi connectivity index (χ4v) is 3.96. The van der Waals surface area contributed by atoms with Gasteiger partial charge in [0.2, 0.25) is 5.91 Å². The molecule has 0 aliphatic carbocycles. The van der Waals surface area contributed by atoms with E-state index < -0.39 is 5.82 Å². The van der Waals surface area contributed by atoms with Crippen LogP contribution in [0.4, 0.5) is 10.1 Å². The lowest BCUT2D eigenvalue weighted by molar-refractivity contribution is -0.119. The molecule has 0 unspecified atom stereocenters. The molecule has 8 heteroatoms. The Labute approximate surface area is 200 Å². The first-order chi connectivity index (χ1) is 16.6. The Kier molecular flexibility index (Phi) is 6.01. The number of fused-ring (bicyclic) bond motifs is 1. The minimum atomic E-state index is -0.502. The predicted octanol–water partition coefficient (Wildman–Crippen LogP) is 5.52. The van der Waals surface area contributed by atoms with Crippen molar-refractivity contribution in [3.63, 3.8) is 0 Å². The number of carbonyl (C=O) groups is 1. The quantitative estimate of drug-likeness (QED) is 0.327. The number of pyridine rings is 1. The van der Waals surface area contributed by atoms with Gasteiger partial charge >= 0.3 is 0 Å². The molecular weight excluding hydrogens is 453 g/mol. The monoisotopic (exact) mass is 471 g/mol. The standard InChI is InChI=1S/C26H19ClFN5O/c27-22-14-18(7-12-23(22)28)16-32(21-10-8-19(9-11-21)20-4-3-13-29-15-20)26(34)17-33-25-6-2-1-5-24(25)30-31-33/h1-15H,16-17H2. The van der Waals surface area contributed by atoms with E-state index in [1.54, 1.807) is 28.0 Å². The second kappa shape index (κ2) is 9.41. The van der Waals surface area contributed by atoms with Crippen LogP contribution in [0.25, 0.3) is 22.2 Å². The minimum Gasteiger partial charge on any atom is -0.306 e. The Morgan fingerprint density at radius 2 is 1.79 bits per heavy atom. The number of para-hydroxylation sites is 1. The molecule has 34 heavy (non-hydrogen) atoms. The predicted molar refractivity (Wildman–Crippen MR) is 130 cm³/mol. The summed E-state index contributed by atoms with van der Waals surface area (Å²) in [6.07, 6.45) is 3.51. The van der Waals surface area contributed by atoms with Crippen molar-refractivity contribution in [2.75, 3.05) is 4.90 Å². The molecule has 0 N–H and O–H groups in total. The van der Waals surface area contributed by atoms with E-state index in [-0.39, 0.29) is 24.0 Å². The Bertz CT molecular complexity index is 1450. The molecule has 0 spiro atoms. The summed E-state index contributed by atoms with van der Waals surface area (Å²) in [6.45, 7) is 0.220. The van der Waals surface area contributed by atoms with E-state index in [4.69, 9.17) is 11.6 Å². The number of nitrogens with zero attached hydrogens (tertiary/aromatic N) is 5. The van der Waals surface area contributed by atoms with E-state index in [1.807, 2.05) is 60.7 Å². The van der Waals surface area contributed by atoms with Crippen molar-refractivity contribution < 1.29 is 9.18 Å². The van der Waals surface area contributed by atoms with Gasteiger partial charge in [-0.1, -0.05) is 53.2 Å². The SMILES string of the molecule is O=C(Cn1nnc2ccccc21)N(Cc1ccc(F)c(Cl)c1)c1ccc(-c2cccnc2)cc1. The van der Waals surface area contributed by atoms with E-state index in [0.717, 1.165) is 16.6 Å². The summed E-state index contributed by atoms with van der Waals surface area (Å²) >= 11 is 5.99. The van der Waals surface area contributed by atoms with Crippen molar-refractivity contribution in [2.45, 2.75) is 13.1 Å². The van der Waals surface area contributed by atoms with E-state index >= 15 is 0 Å². The second-order valence-corrected chi connectivity index (χ2v) is 8.16. The molecule has 0 aliphatic rings. The van der Waals surface area contributed by atoms with Gasteiger partial charge < -0.3 is 4.90 Å². The van der Waals surface area contributed by atoms with E-state index in [1.165, 1.54) is 12.1 Å². The largest absolute Gasteiger partial charge is 0.306 e. The fourth-order valence-electron chi connectivity index (χ4n) is 3.76. The maximum absolute atomic E-state index is 13.7. The van der Waals surface area contributed by atoms with Gasteiger partial charge in [0.1, 0.15) is 17.9 Å². The number of rotatable bonds is 6. The summed E-state index contributed by atoms with van der Waals surface area (Å²) in [5.74, 6) is -0.691. The summed E-state index contributed by atoms with van der Waals surface area (Å²) < 4.78 is 15.3. The first-order valence-electron chi connectivity index (χ1n) is 10.6. The van der Waals surface area contributed by atoms with Gasteiger partial charge in [-0.25, -0.2) is 9.07 Å². The molecule has 0 saturated carbocycles. The van der Waals surface area contributed by atoms with Crippen molar-refractivity contribution in [3.05, 3.63) is 108 Å².